The molecule has 0 radical (unpaired) electrons. The van der Waals surface area contributed by atoms with Crippen molar-refractivity contribution < 1.29 is 22.4 Å². The van der Waals surface area contributed by atoms with Gasteiger partial charge in [-0.3, -0.25) is 9.59 Å². The Morgan fingerprint density at radius 1 is 1.03 bits per heavy atom. The number of amides is 2. The van der Waals surface area contributed by atoms with Gasteiger partial charge < -0.3 is 10.6 Å². The molecule has 29 heavy (non-hydrogen) atoms. The van der Waals surface area contributed by atoms with Gasteiger partial charge in [-0.15, -0.1) is 0 Å². The summed E-state index contributed by atoms with van der Waals surface area (Å²) in [5, 5.41) is 5.25. The summed E-state index contributed by atoms with van der Waals surface area (Å²) >= 11 is 0. The van der Waals surface area contributed by atoms with Gasteiger partial charge in [-0.1, -0.05) is 38.0 Å². The molecule has 2 rings (SSSR count). The fraction of sp³-hybridized carbons (Fsp3) is 0.333. The van der Waals surface area contributed by atoms with Gasteiger partial charge in [0.05, 0.1) is 5.75 Å². The molecule has 0 aliphatic carbocycles. The highest BCUT2D eigenvalue weighted by atomic mass is 32.2. The average Bonchev–Trinajstić information content (AvgIpc) is 2.66. The highest BCUT2D eigenvalue weighted by Crippen LogP contribution is 2.13. The molecule has 0 bridgehead atoms. The van der Waals surface area contributed by atoms with Crippen LogP contribution in [0.1, 0.15) is 42.1 Å². The van der Waals surface area contributed by atoms with Gasteiger partial charge in [-0.2, -0.15) is 0 Å². The van der Waals surface area contributed by atoms with E-state index >= 15 is 0 Å². The van der Waals surface area contributed by atoms with Crippen LogP contribution in [-0.2, 0) is 21.2 Å². The fourth-order valence-corrected chi connectivity index (χ4v) is 3.98. The highest BCUT2D eigenvalue weighted by Gasteiger charge is 2.16. The number of hydrogen-bond donors (Lipinski definition) is 2. The molecule has 0 aliphatic rings. The molecular weight excluding hydrogens is 395 g/mol. The lowest BCUT2D eigenvalue weighted by Crippen LogP contribution is -2.31. The molecule has 8 heteroatoms. The summed E-state index contributed by atoms with van der Waals surface area (Å²) in [6, 6.07) is 12.1. The number of carbonyl (C=O) groups excluding carboxylic acids is 2. The van der Waals surface area contributed by atoms with Crippen molar-refractivity contribution in [2.75, 3.05) is 16.8 Å². The number of hydrogen-bond acceptors (Lipinski definition) is 4. The minimum absolute atomic E-state index is 0.00978. The Morgan fingerprint density at radius 2 is 1.79 bits per heavy atom. The highest BCUT2D eigenvalue weighted by molar-refractivity contribution is 7.92. The zero-order valence-corrected chi connectivity index (χ0v) is 17.1. The summed E-state index contributed by atoms with van der Waals surface area (Å²) in [5.41, 5.74) is 1.37. The molecule has 0 atom stereocenters. The van der Waals surface area contributed by atoms with Crippen molar-refractivity contribution in [1.82, 2.24) is 5.32 Å². The summed E-state index contributed by atoms with van der Waals surface area (Å²) in [6.07, 6.45) is 2.28. The number of rotatable bonds is 10. The van der Waals surface area contributed by atoms with Crippen LogP contribution >= 0.6 is 0 Å². The second kappa shape index (κ2) is 10.7. The van der Waals surface area contributed by atoms with E-state index in [1.807, 2.05) is 6.92 Å². The molecule has 2 aromatic rings. The minimum atomic E-state index is -3.42. The zero-order valence-electron chi connectivity index (χ0n) is 16.3. The summed E-state index contributed by atoms with van der Waals surface area (Å²) in [6.45, 7) is 2.11. The molecule has 2 N–H and O–H groups in total. The Hall–Kier alpha value is -2.74. The van der Waals surface area contributed by atoms with Crippen molar-refractivity contribution in [3.8, 4) is 0 Å². The van der Waals surface area contributed by atoms with Gasteiger partial charge in [0.1, 0.15) is 11.6 Å². The monoisotopic (exact) mass is 420 g/mol. The van der Waals surface area contributed by atoms with Crippen molar-refractivity contribution in [2.45, 2.75) is 32.7 Å². The maximum Gasteiger partial charge on any atom is 0.255 e. The third-order valence-corrected chi connectivity index (χ3v) is 5.78. The standard InChI is InChI=1S/C21H25FN2O4S/c1-2-3-4-11-29(27,28)15-20(25)23-14-16-7-5-10-19(12-16)24-21(26)17-8-6-9-18(22)13-17/h5-10,12-13H,2-4,11,14-15H2,1H3,(H,23,25)(H,24,26). The van der Waals surface area contributed by atoms with Crippen LogP contribution in [0.25, 0.3) is 0 Å². The SMILES string of the molecule is CCCCCS(=O)(=O)CC(=O)NCc1cccc(NC(=O)c2cccc(F)c2)c1. The maximum atomic E-state index is 13.2. The lowest BCUT2D eigenvalue weighted by Gasteiger charge is -2.09. The first-order chi connectivity index (χ1) is 13.8. The van der Waals surface area contributed by atoms with Crippen molar-refractivity contribution in [3.63, 3.8) is 0 Å². The fourth-order valence-electron chi connectivity index (χ4n) is 2.69. The Labute approximate surface area is 170 Å². The molecule has 0 spiro atoms. The quantitative estimate of drug-likeness (QED) is 0.577. The second-order valence-electron chi connectivity index (χ2n) is 6.74. The number of anilines is 1. The third-order valence-electron chi connectivity index (χ3n) is 4.17. The predicted octanol–water partition coefficient (Wildman–Crippen LogP) is 3.30. The normalized spacial score (nSPS) is 11.1. The van der Waals surface area contributed by atoms with Crippen LogP contribution in [0.5, 0.6) is 0 Å². The molecule has 6 nitrogen and oxygen atoms in total. The van der Waals surface area contributed by atoms with Crippen LogP contribution in [0.15, 0.2) is 48.5 Å². The number of halogens is 1. The smallest absolute Gasteiger partial charge is 0.255 e. The predicted molar refractivity (Wildman–Crippen MR) is 111 cm³/mol. The first-order valence-electron chi connectivity index (χ1n) is 9.42. The molecule has 0 saturated carbocycles. The number of unbranched alkanes of at least 4 members (excludes halogenated alkanes) is 2. The Bertz CT molecular complexity index is 961. The molecule has 0 saturated heterocycles. The van der Waals surface area contributed by atoms with Crippen molar-refractivity contribution in [1.29, 1.82) is 0 Å². The lowest BCUT2D eigenvalue weighted by molar-refractivity contribution is -0.118. The van der Waals surface area contributed by atoms with Gasteiger partial charge in [0.15, 0.2) is 9.84 Å². The molecule has 0 unspecified atom stereocenters. The van der Waals surface area contributed by atoms with Crippen molar-refractivity contribution in [2.24, 2.45) is 0 Å². The van der Waals surface area contributed by atoms with E-state index in [2.05, 4.69) is 10.6 Å². The maximum absolute atomic E-state index is 13.2. The molecule has 156 valence electrons. The minimum Gasteiger partial charge on any atom is -0.351 e. The largest absolute Gasteiger partial charge is 0.351 e. The van der Waals surface area contributed by atoms with Gasteiger partial charge in [0.2, 0.25) is 5.91 Å². The first kappa shape index (κ1) is 22.5. The van der Waals surface area contributed by atoms with E-state index < -0.39 is 33.2 Å². The summed E-state index contributed by atoms with van der Waals surface area (Å²) in [5.74, 6) is -2.04. The van der Waals surface area contributed by atoms with Gasteiger partial charge in [0, 0.05) is 17.8 Å². The number of sulfone groups is 1. The number of benzene rings is 2. The van der Waals surface area contributed by atoms with E-state index in [4.69, 9.17) is 0 Å². The summed E-state index contributed by atoms with van der Waals surface area (Å²) < 4.78 is 37.1. The van der Waals surface area contributed by atoms with E-state index in [-0.39, 0.29) is 17.9 Å². The van der Waals surface area contributed by atoms with Crippen LogP contribution in [0.4, 0.5) is 10.1 Å². The Morgan fingerprint density at radius 3 is 2.52 bits per heavy atom. The van der Waals surface area contributed by atoms with Crippen LogP contribution in [0.3, 0.4) is 0 Å². The van der Waals surface area contributed by atoms with Gasteiger partial charge >= 0.3 is 0 Å². The lowest BCUT2D eigenvalue weighted by atomic mass is 10.1. The molecule has 2 amide bonds. The molecular formula is C21H25FN2O4S. The summed E-state index contributed by atoms with van der Waals surface area (Å²) in [4.78, 5) is 24.1. The second-order valence-corrected chi connectivity index (χ2v) is 8.92. The van der Waals surface area contributed by atoms with Gasteiger partial charge in [0.25, 0.3) is 5.91 Å². The topological polar surface area (TPSA) is 92.3 Å². The molecule has 0 aromatic heterocycles. The first-order valence-corrected chi connectivity index (χ1v) is 11.2. The van der Waals surface area contributed by atoms with Crippen LogP contribution in [0.2, 0.25) is 0 Å². The van der Waals surface area contributed by atoms with Crippen LogP contribution in [0, 0.1) is 5.82 Å². The van der Waals surface area contributed by atoms with Crippen molar-refractivity contribution >= 4 is 27.3 Å². The van der Waals surface area contributed by atoms with Crippen LogP contribution < -0.4 is 10.6 Å². The van der Waals surface area contributed by atoms with E-state index in [9.17, 15) is 22.4 Å². The molecule has 0 heterocycles. The molecule has 0 aliphatic heterocycles. The number of carbonyl (C=O) groups is 2. The Kier molecular flexibility index (Phi) is 8.33. The summed E-state index contributed by atoms with van der Waals surface area (Å²) in [7, 11) is -3.42. The van der Waals surface area contributed by atoms with Crippen LogP contribution in [-0.4, -0.2) is 31.7 Å². The van der Waals surface area contributed by atoms with E-state index in [1.54, 1.807) is 24.3 Å². The zero-order chi connectivity index (χ0) is 21.3. The average molecular weight is 421 g/mol. The number of nitrogens with one attached hydrogen (secondary N) is 2. The van der Waals surface area contributed by atoms with E-state index in [0.717, 1.165) is 18.9 Å². The third kappa shape index (κ3) is 8.03. The van der Waals surface area contributed by atoms with Gasteiger partial charge in [-0.05, 0) is 42.3 Å². The molecule has 2 aromatic carbocycles. The van der Waals surface area contributed by atoms with E-state index in [0.29, 0.717) is 17.7 Å². The van der Waals surface area contributed by atoms with Gasteiger partial charge in [-0.25, -0.2) is 12.8 Å². The van der Waals surface area contributed by atoms with Crippen molar-refractivity contribution in [3.05, 3.63) is 65.5 Å². The molecule has 0 fully saturated rings. The Balaban J connectivity index is 1.89. The van der Waals surface area contributed by atoms with E-state index in [1.165, 1.54) is 18.2 Å².